The Balaban J connectivity index is 1.24. The molecule has 1 aromatic carbocycles. The van der Waals surface area contributed by atoms with Crippen molar-refractivity contribution in [3.8, 4) is 6.01 Å². The van der Waals surface area contributed by atoms with Crippen molar-refractivity contribution in [3.63, 3.8) is 0 Å². The maximum atomic E-state index is 15.5. The number of ether oxygens (including phenoxy) is 2. The highest BCUT2D eigenvalue weighted by atomic mass is 35.5. The number of hydrogen-bond acceptors (Lipinski definition) is 9. The van der Waals surface area contributed by atoms with Crippen LogP contribution in [0.4, 0.5) is 20.3 Å². The molecule has 5 heterocycles. The molecule has 1 aromatic heterocycles. The molecule has 3 saturated heterocycles. The van der Waals surface area contributed by atoms with Crippen LogP contribution in [-0.2, 0) is 35.4 Å². The molecule has 5 N–H and O–H groups in total. The predicted molar refractivity (Wildman–Crippen MR) is 173 cm³/mol. The number of aryl methyl sites for hydroxylation is 1. The van der Waals surface area contributed by atoms with Crippen LogP contribution in [-0.4, -0.2) is 96.5 Å². The van der Waals surface area contributed by atoms with Gasteiger partial charge in [-0.25, -0.2) is 8.78 Å². The van der Waals surface area contributed by atoms with E-state index in [2.05, 4.69) is 9.80 Å². The van der Waals surface area contributed by atoms with Crippen LogP contribution in [0.5, 0.6) is 6.01 Å². The third kappa shape index (κ3) is 5.85. The Kier molecular flexibility index (Phi) is 8.60. The highest BCUT2D eigenvalue weighted by Crippen LogP contribution is 2.43. The van der Waals surface area contributed by atoms with E-state index in [1.165, 1.54) is 4.90 Å². The molecular weight excluding hydrogens is 630 g/mol. The summed E-state index contributed by atoms with van der Waals surface area (Å²) in [6.07, 6.45) is 3.55. The summed E-state index contributed by atoms with van der Waals surface area (Å²) in [7, 11) is 3.17. The summed E-state index contributed by atoms with van der Waals surface area (Å²) < 4.78 is 42.7. The molecule has 252 valence electrons. The number of quaternary nitrogens is 1. The van der Waals surface area contributed by atoms with Gasteiger partial charge < -0.3 is 30.3 Å². The molecule has 0 radical (unpaired) electrons. The first-order valence-electron chi connectivity index (χ1n) is 16.4. The van der Waals surface area contributed by atoms with E-state index in [1.54, 1.807) is 20.2 Å². The second-order valence-corrected chi connectivity index (χ2v) is 14.0. The molecule has 3 atom stereocenters. The topological polar surface area (TPSA) is 138 Å². The molecule has 5 aliphatic rings. The van der Waals surface area contributed by atoms with Gasteiger partial charge in [0.05, 0.1) is 42.7 Å². The monoisotopic (exact) mass is 671 g/mol. The van der Waals surface area contributed by atoms with E-state index in [0.29, 0.717) is 61.8 Å². The van der Waals surface area contributed by atoms with Gasteiger partial charge >= 0.3 is 6.01 Å². The van der Waals surface area contributed by atoms with Crippen molar-refractivity contribution in [1.29, 1.82) is 5.41 Å². The van der Waals surface area contributed by atoms with Gasteiger partial charge in [-0.1, -0.05) is 11.6 Å². The lowest BCUT2D eigenvalue weighted by molar-refractivity contribution is -0.605. The second-order valence-electron chi connectivity index (χ2n) is 13.6. The highest BCUT2D eigenvalue weighted by Gasteiger charge is 2.49. The van der Waals surface area contributed by atoms with E-state index >= 15 is 4.39 Å². The Labute approximate surface area is 277 Å². The zero-order valence-electron chi connectivity index (χ0n) is 26.9. The fourth-order valence-corrected chi connectivity index (χ4v) is 8.07. The van der Waals surface area contributed by atoms with Crippen LogP contribution >= 0.6 is 11.6 Å². The zero-order valence-corrected chi connectivity index (χ0v) is 27.6. The van der Waals surface area contributed by atoms with E-state index < -0.39 is 24.0 Å². The average Bonchev–Trinajstić information content (AvgIpc) is 3.45. The number of nitrogens with zero attached hydrogens (tertiary/aromatic N) is 5. The molecular formula is C33H42ClF2N8O3+. The number of amides is 1. The number of carbonyl (C=O) groups is 1. The van der Waals surface area contributed by atoms with Crippen LogP contribution in [0.15, 0.2) is 16.8 Å². The molecule has 0 unspecified atom stereocenters. The number of halogens is 3. The number of anilines is 2. The summed E-state index contributed by atoms with van der Waals surface area (Å²) in [6.45, 7) is 3.35. The van der Waals surface area contributed by atoms with Crippen LogP contribution in [0.2, 0.25) is 0 Å². The third-order valence-electron chi connectivity index (χ3n) is 10.4. The average molecular weight is 672 g/mol. The molecule has 0 saturated carbocycles. The Morgan fingerprint density at radius 1 is 1.28 bits per heavy atom. The molecule has 4 aliphatic heterocycles. The number of rotatable bonds is 7. The lowest BCUT2D eigenvalue weighted by Gasteiger charge is -2.34. The normalized spacial score (nSPS) is 26.5. The first-order chi connectivity index (χ1) is 22.5. The van der Waals surface area contributed by atoms with Crippen LogP contribution in [0.1, 0.15) is 59.7 Å². The maximum Gasteiger partial charge on any atom is 0.318 e. The number of carbonyl (C=O) groups excluding carboxylic acids is 1. The summed E-state index contributed by atoms with van der Waals surface area (Å²) in [4.78, 5) is 27.9. The van der Waals surface area contributed by atoms with Crippen molar-refractivity contribution in [1.82, 2.24) is 19.8 Å². The zero-order chi connectivity index (χ0) is 33.0. The summed E-state index contributed by atoms with van der Waals surface area (Å²) in [5.74, 6) is -0.302. The quantitative estimate of drug-likeness (QED) is 0.302. The van der Waals surface area contributed by atoms with Gasteiger partial charge in [-0.15, -0.1) is 0 Å². The smallest absolute Gasteiger partial charge is 0.318 e. The van der Waals surface area contributed by atoms with Gasteiger partial charge in [0.25, 0.3) is 5.91 Å². The van der Waals surface area contributed by atoms with Crippen LogP contribution in [0, 0.1) is 11.2 Å². The fourth-order valence-electron chi connectivity index (χ4n) is 7.85. The van der Waals surface area contributed by atoms with E-state index in [4.69, 9.17) is 42.2 Å². The maximum absolute atomic E-state index is 15.5. The van der Waals surface area contributed by atoms with Gasteiger partial charge in [0.15, 0.2) is 5.82 Å². The van der Waals surface area contributed by atoms with Crippen molar-refractivity contribution in [2.24, 2.45) is 0 Å². The third-order valence-corrected chi connectivity index (χ3v) is 10.8. The predicted octanol–water partition coefficient (Wildman–Crippen LogP) is 2.40. The number of nitrogens with one attached hydrogen (secondary N) is 1. The Bertz CT molecular complexity index is 1640. The van der Waals surface area contributed by atoms with E-state index in [-0.39, 0.29) is 41.2 Å². The Morgan fingerprint density at radius 2 is 2.11 bits per heavy atom. The van der Waals surface area contributed by atoms with E-state index in [9.17, 15) is 9.18 Å². The summed E-state index contributed by atoms with van der Waals surface area (Å²) in [5.41, 5.74) is 10.2. The molecule has 1 amide bonds. The molecule has 0 spiro atoms. The number of fused-ring (bicyclic) bond motifs is 3. The molecule has 11 nitrogen and oxygen atoms in total. The SMILES string of the molecule is CN(C)C(=O)C(=N)/C(Cl)=C1/CN(c2nc(OC[C@@]34CCCN3C[C@H](F)C4)nc3c2CO[C@H](c2c(F)c(N)cc4c2CC4)C3)CCC[NH2+]1. The first-order valence-corrected chi connectivity index (χ1v) is 16.8. The molecule has 7 rings (SSSR count). The number of benzene rings is 1. The minimum Gasteiger partial charge on any atom is -0.461 e. The standard InChI is InChI=1S/C33H41ClF2N8O3/c1-42(2)31(45)29(38)27(34)24-15-43(9-4-8-39-24)30-21-16-46-25(26-20-6-5-18(20)11-22(37)28(26)36)12-23(21)40-32(41-30)47-17-33-7-3-10-44(33)14-19(35)13-33/h11,19,25,38-39H,3-10,12-17,37H2,1-2H3/p+1/b27-24+,38-29?/t19-,25+,33+/m1/s1. The highest BCUT2D eigenvalue weighted by molar-refractivity contribution is 6.58. The molecule has 0 bridgehead atoms. The Morgan fingerprint density at radius 3 is 2.87 bits per heavy atom. The van der Waals surface area contributed by atoms with Crippen molar-refractivity contribution < 1.29 is 28.4 Å². The van der Waals surface area contributed by atoms with Gasteiger partial charge in [-0.3, -0.25) is 15.1 Å². The summed E-state index contributed by atoms with van der Waals surface area (Å²) in [6, 6.07) is 1.90. The van der Waals surface area contributed by atoms with Crippen molar-refractivity contribution in [2.75, 3.05) is 64.1 Å². The van der Waals surface area contributed by atoms with Gasteiger partial charge in [0.2, 0.25) is 0 Å². The van der Waals surface area contributed by atoms with E-state index in [1.807, 2.05) is 5.32 Å². The second kappa shape index (κ2) is 12.6. The molecule has 2 aromatic rings. The summed E-state index contributed by atoms with van der Waals surface area (Å²) >= 11 is 6.67. The first kappa shape index (κ1) is 32.2. The number of aromatic nitrogens is 2. The van der Waals surface area contributed by atoms with Crippen LogP contribution < -0.4 is 20.7 Å². The van der Waals surface area contributed by atoms with Gasteiger partial charge in [-0.05, 0) is 49.4 Å². The van der Waals surface area contributed by atoms with Crippen molar-refractivity contribution >= 4 is 34.7 Å². The lowest BCUT2D eigenvalue weighted by Crippen LogP contribution is -2.83. The van der Waals surface area contributed by atoms with Crippen LogP contribution in [0.3, 0.4) is 0 Å². The largest absolute Gasteiger partial charge is 0.461 e. The number of nitrogens with two attached hydrogens (primary N) is 2. The Hall–Kier alpha value is -3.39. The van der Waals surface area contributed by atoms with Gasteiger partial charge in [0.1, 0.15) is 35.0 Å². The number of nitrogen functional groups attached to an aromatic ring is 1. The van der Waals surface area contributed by atoms with Crippen molar-refractivity contribution in [3.05, 3.63) is 50.6 Å². The summed E-state index contributed by atoms with van der Waals surface area (Å²) in [5, 5.41) is 10.5. The van der Waals surface area contributed by atoms with Gasteiger partial charge in [-0.2, -0.15) is 9.97 Å². The molecule has 3 fully saturated rings. The fraction of sp³-hybridized carbons (Fsp3) is 0.576. The van der Waals surface area contributed by atoms with Crippen LogP contribution in [0.25, 0.3) is 0 Å². The molecule has 1 aliphatic carbocycles. The van der Waals surface area contributed by atoms with Gasteiger partial charge in [0, 0.05) is 57.6 Å². The number of alkyl halides is 1. The van der Waals surface area contributed by atoms with Crippen molar-refractivity contribution in [2.45, 2.75) is 69.4 Å². The molecule has 14 heteroatoms. The number of hydrogen-bond donors (Lipinski definition) is 3. The molecule has 47 heavy (non-hydrogen) atoms. The minimum atomic E-state index is -0.885. The lowest BCUT2D eigenvalue weighted by atomic mass is 9.81. The van der Waals surface area contributed by atoms with E-state index in [0.717, 1.165) is 55.3 Å². The minimum absolute atomic E-state index is 0.101.